The molecule has 0 saturated carbocycles. The number of carbonyl (C=O) groups is 1. The zero-order chi connectivity index (χ0) is 23.5. The molecule has 1 aliphatic rings. The minimum absolute atomic E-state index is 0.0613. The molecule has 1 aliphatic carbocycles. The molecule has 1 atom stereocenters. The van der Waals surface area contributed by atoms with Gasteiger partial charge in [0.2, 0.25) is 5.91 Å². The van der Waals surface area contributed by atoms with Crippen molar-refractivity contribution in [3.8, 4) is 11.3 Å². The van der Waals surface area contributed by atoms with E-state index in [1.54, 1.807) is 36.9 Å². The number of hydrogen-bond donors (Lipinski definition) is 1. The fourth-order valence-corrected chi connectivity index (χ4v) is 4.11. The Balaban J connectivity index is 1.59. The van der Waals surface area contributed by atoms with Gasteiger partial charge in [-0.1, -0.05) is 24.3 Å². The van der Waals surface area contributed by atoms with E-state index in [0.717, 1.165) is 12.8 Å². The van der Waals surface area contributed by atoms with Crippen LogP contribution in [0.1, 0.15) is 18.1 Å². The van der Waals surface area contributed by atoms with Crippen LogP contribution in [-0.2, 0) is 28.9 Å². The summed E-state index contributed by atoms with van der Waals surface area (Å²) < 4.78 is 21.1. The van der Waals surface area contributed by atoms with Crippen LogP contribution >= 0.6 is 0 Å². The van der Waals surface area contributed by atoms with E-state index in [9.17, 15) is 14.0 Å². The quantitative estimate of drug-likeness (QED) is 0.570. The van der Waals surface area contributed by atoms with Gasteiger partial charge in [0.05, 0.1) is 24.6 Å². The van der Waals surface area contributed by atoms with Gasteiger partial charge in [0.1, 0.15) is 11.9 Å². The zero-order valence-electron chi connectivity index (χ0n) is 18.7. The molecular weight excluding hydrogens is 423 g/mol. The van der Waals surface area contributed by atoms with Crippen molar-refractivity contribution in [1.29, 1.82) is 0 Å². The summed E-state index contributed by atoms with van der Waals surface area (Å²) in [5, 5.41) is 0. The minimum Gasteiger partial charge on any atom is -0.376 e. The number of nitrogens with zero attached hydrogens (tertiary/aromatic N) is 3. The third-order valence-corrected chi connectivity index (χ3v) is 6.19. The average Bonchev–Trinajstić information content (AvgIpc) is 3.22. The molecular formula is C25H27FN4O3. The topological polar surface area (TPSA) is 90.5 Å². The Labute approximate surface area is 191 Å². The molecule has 8 heteroatoms. The third-order valence-electron chi connectivity index (χ3n) is 6.19. The van der Waals surface area contributed by atoms with E-state index in [-0.39, 0.29) is 29.8 Å². The highest BCUT2D eigenvalue weighted by atomic mass is 19.1. The van der Waals surface area contributed by atoms with Crippen molar-refractivity contribution in [2.75, 3.05) is 18.6 Å². The van der Waals surface area contributed by atoms with E-state index in [2.05, 4.69) is 17.1 Å². The van der Waals surface area contributed by atoms with Gasteiger partial charge in [-0.05, 0) is 55.2 Å². The Bertz CT molecular complexity index is 1180. The Hall–Kier alpha value is -3.52. The van der Waals surface area contributed by atoms with Crippen LogP contribution < -0.4 is 16.2 Å². The van der Waals surface area contributed by atoms with Crippen LogP contribution in [0, 0.1) is 5.82 Å². The summed E-state index contributed by atoms with van der Waals surface area (Å²) in [5.41, 5.74) is 8.83. The molecule has 0 aliphatic heterocycles. The van der Waals surface area contributed by atoms with Crippen LogP contribution in [0.5, 0.6) is 0 Å². The molecule has 1 unspecified atom stereocenters. The lowest BCUT2D eigenvalue weighted by Gasteiger charge is -2.24. The third kappa shape index (κ3) is 4.80. The van der Waals surface area contributed by atoms with Crippen molar-refractivity contribution in [3.05, 3.63) is 82.0 Å². The standard InChI is InChI=1S/C25H27FN4O3/c1-16(23(27)31)29(2)24-25(32)30(22(15-28-24)17-7-9-20(26)10-8-17)11-12-33-21-13-18-5-3-4-6-19(18)14-21/h3-10,15-16,21H,11-14H2,1-2H3,(H2,27,31). The fraction of sp³-hybridized carbons (Fsp3) is 0.320. The van der Waals surface area contributed by atoms with Crippen molar-refractivity contribution in [3.63, 3.8) is 0 Å². The highest BCUT2D eigenvalue weighted by Gasteiger charge is 2.23. The number of carbonyl (C=O) groups excluding carboxylic acids is 1. The number of halogens is 1. The molecule has 0 spiro atoms. The summed E-state index contributed by atoms with van der Waals surface area (Å²) in [7, 11) is 1.60. The molecule has 3 aromatic rings. The van der Waals surface area contributed by atoms with E-state index >= 15 is 0 Å². The molecule has 0 saturated heterocycles. The fourth-order valence-electron chi connectivity index (χ4n) is 4.11. The highest BCUT2D eigenvalue weighted by molar-refractivity contribution is 5.82. The van der Waals surface area contributed by atoms with E-state index < -0.39 is 11.9 Å². The first-order chi connectivity index (χ1) is 15.8. The molecule has 2 aromatic carbocycles. The van der Waals surface area contributed by atoms with Crippen LogP contribution in [0.3, 0.4) is 0 Å². The van der Waals surface area contributed by atoms with Crippen LogP contribution in [0.2, 0.25) is 0 Å². The zero-order valence-corrected chi connectivity index (χ0v) is 18.7. The maximum atomic E-state index is 13.5. The molecule has 172 valence electrons. The largest absolute Gasteiger partial charge is 0.376 e. The molecule has 2 N–H and O–H groups in total. The number of amides is 1. The Morgan fingerprint density at radius 1 is 1.21 bits per heavy atom. The van der Waals surface area contributed by atoms with Crippen molar-refractivity contribution >= 4 is 11.7 Å². The molecule has 1 heterocycles. The van der Waals surface area contributed by atoms with Crippen LogP contribution in [0.25, 0.3) is 11.3 Å². The second-order valence-corrected chi connectivity index (χ2v) is 8.29. The van der Waals surface area contributed by atoms with Crippen LogP contribution in [0.4, 0.5) is 10.2 Å². The number of benzene rings is 2. The molecule has 33 heavy (non-hydrogen) atoms. The van der Waals surface area contributed by atoms with Crippen LogP contribution in [-0.4, -0.2) is 41.3 Å². The van der Waals surface area contributed by atoms with Crippen molar-refractivity contribution in [2.24, 2.45) is 5.73 Å². The molecule has 0 bridgehead atoms. The molecule has 0 fully saturated rings. The lowest BCUT2D eigenvalue weighted by Crippen LogP contribution is -2.44. The first kappa shape index (κ1) is 22.7. The predicted octanol–water partition coefficient (Wildman–Crippen LogP) is 2.54. The number of likely N-dealkylation sites (N-methyl/N-ethyl adjacent to an activating group) is 1. The first-order valence-corrected chi connectivity index (χ1v) is 10.9. The average molecular weight is 451 g/mol. The summed E-state index contributed by atoms with van der Waals surface area (Å²) >= 11 is 0. The predicted molar refractivity (Wildman–Crippen MR) is 125 cm³/mol. The van der Waals surface area contributed by atoms with Gasteiger partial charge in [-0.15, -0.1) is 0 Å². The van der Waals surface area contributed by atoms with E-state index in [0.29, 0.717) is 17.9 Å². The summed E-state index contributed by atoms with van der Waals surface area (Å²) in [6.07, 6.45) is 3.30. The van der Waals surface area contributed by atoms with Gasteiger partial charge in [-0.25, -0.2) is 9.37 Å². The molecule has 1 aromatic heterocycles. The lowest BCUT2D eigenvalue weighted by molar-refractivity contribution is -0.118. The van der Waals surface area contributed by atoms with Crippen molar-refractivity contribution < 1.29 is 13.9 Å². The molecule has 0 radical (unpaired) electrons. The van der Waals surface area contributed by atoms with Gasteiger partial charge in [-0.3, -0.25) is 9.59 Å². The monoisotopic (exact) mass is 450 g/mol. The Morgan fingerprint density at radius 3 is 2.45 bits per heavy atom. The molecule has 4 rings (SSSR count). The van der Waals surface area contributed by atoms with Gasteiger partial charge in [0.15, 0.2) is 5.82 Å². The number of ether oxygens (including phenoxy) is 1. The number of anilines is 1. The summed E-state index contributed by atoms with van der Waals surface area (Å²) in [4.78, 5) is 30.8. The molecule has 1 amide bonds. The van der Waals surface area contributed by atoms with Crippen LogP contribution in [0.15, 0.2) is 59.5 Å². The van der Waals surface area contributed by atoms with E-state index in [1.165, 1.54) is 28.2 Å². The second kappa shape index (κ2) is 9.54. The number of primary amides is 1. The smallest absolute Gasteiger partial charge is 0.294 e. The van der Waals surface area contributed by atoms with Crippen molar-refractivity contribution in [2.45, 2.75) is 38.5 Å². The minimum atomic E-state index is -0.705. The van der Waals surface area contributed by atoms with Gasteiger partial charge >= 0.3 is 0 Å². The van der Waals surface area contributed by atoms with Gasteiger partial charge in [-0.2, -0.15) is 0 Å². The number of nitrogens with two attached hydrogens (primary N) is 1. The van der Waals surface area contributed by atoms with Gasteiger partial charge in [0.25, 0.3) is 5.56 Å². The Morgan fingerprint density at radius 2 is 1.85 bits per heavy atom. The number of aromatic nitrogens is 2. The number of rotatable bonds is 8. The van der Waals surface area contributed by atoms with E-state index in [1.807, 2.05) is 12.1 Å². The summed E-state index contributed by atoms with van der Waals surface area (Å²) in [6, 6.07) is 13.5. The van der Waals surface area contributed by atoms with Gasteiger partial charge in [0, 0.05) is 19.2 Å². The van der Waals surface area contributed by atoms with Gasteiger partial charge < -0.3 is 19.9 Å². The Kier molecular flexibility index (Phi) is 6.55. The highest BCUT2D eigenvalue weighted by Crippen LogP contribution is 2.24. The van der Waals surface area contributed by atoms with Crippen molar-refractivity contribution in [1.82, 2.24) is 9.55 Å². The second-order valence-electron chi connectivity index (χ2n) is 8.29. The first-order valence-electron chi connectivity index (χ1n) is 10.9. The SMILES string of the molecule is CC(C(N)=O)N(C)c1ncc(-c2ccc(F)cc2)n(CCOC2Cc3ccccc3C2)c1=O. The van der Waals surface area contributed by atoms with E-state index in [4.69, 9.17) is 10.5 Å². The summed E-state index contributed by atoms with van der Waals surface area (Å²) in [5.74, 6) is -0.811. The maximum Gasteiger partial charge on any atom is 0.294 e. The maximum absolute atomic E-state index is 13.5. The summed E-state index contributed by atoms with van der Waals surface area (Å²) in [6.45, 7) is 2.22. The molecule has 7 nitrogen and oxygen atoms in total. The normalized spacial score (nSPS) is 14.2. The number of fused-ring (bicyclic) bond motifs is 1. The number of hydrogen-bond acceptors (Lipinski definition) is 5. The lowest BCUT2D eigenvalue weighted by atomic mass is 10.1.